The molecule has 4 nitrogen and oxygen atoms in total. The van der Waals surface area contributed by atoms with Gasteiger partial charge in [-0.2, -0.15) is 0 Å². The molecule has 0 bridgehead atoms. The topological polar surface area (TPSA) is 67.5 Å². The summed E-state index contributed by atoms with van der Waals surface area (Å²) in [6.07, 6.45) is 0. The Morgan fingerprint density at radius 1 is 1.25 bits per heavy atom. The van der Waals surface area contributed by atoms with Gasteiger partial charge < -0.3 is 20.9 Å². The van der Waals surface area contributed by atoms with E-state index in [-0.39, 0.29) is 12.0 Å². The lowest BCUT2D eigenvalue weighted by molar-refractivity contribution is -0.104. The number of ether oxygens (including phenoxy) is 1. The van der Waals surface area contributed by atoms with E-state index in [4.69, 9.17) is 10.5 Å². The third kappa shape index (κ3) is 2.56. The van der Waals surface area contributed by atoms with Crippen LogP contribution >= 0.6 is 0 Å². The Morgan fingerprint density at radius 2 is 1.81 bits per heavy atom. The number of rotatable bonds is 3. The number of hydrogen-bond acceptors (Lipinski definition) is 4. The van der Waals surface area contributed by atoms with E-state index in [1.807, 2.05) is 0 Å². The monoisotopic (exact) mass is 230 g/mol. The first-order valence-corrected chi connectivity index (χ1v) is 6.11. The molecule has 1 fully saturated rings. The molecule has 1 aliphatic heterocycles. The van der Waals surface area contributed by atoms with Gasteiger partial charge in [0.05, 0.1) is 13.2 Å². The predicted octanol–water partition coefficient (Wildman–Crippen LogP) is 0.552. The van der Waals surface area contributed by atoms with Gasteiger partial charge in [-0.1, -0.05) is 27.7 Å². The van der Waals surface area contributed by atoms with Gasteiger partial charge in [0, 0.05) is 18.5 Å². The Morgan fingerprint density at radius 3 is 2.25 bits per heavy atom. The highest BCUT2D eigenvalue weighted by Crippen LogP contribution is 2.37. The van der Waals surface area contributed by atoms with Gasteiger partial charge in [0.2, 0.25) is 0 Å². The van der Waals surface area contributed by atoms with Crippen molar-refractivity contribution in [3.8, 4) is 0 Å². The SMILES string of the molecule is CC(C)C1(C(C)C)CNCC(N)(CO)OC1. The summed E-state index contributed by atoms with van der Waals surface area (Å²) >= 11 is 0. The highest BCUT2D eigenvalue weighted by atomic mass is 16.5. The summed E-state index contributed by atoms with van der Waals surface area (Å²) in [5.74, 6) is 1.03. The van der Waals surface area contributed by atoms with Crippen molar-refractivity contribution in [3.63, 3.8) is 0 Å². The van der Waals surface area contributed by atoms with E-state index < -0.39 is 5.72 Å². The molecule has 1 saturated heterocycles. The molecule has 1 atom stereocenters. The summed E-state index contributed by atoms with van der Waals surface area (Å²) in [6.45, 7) is 10.7. The molecule has 96 valence electrons. The number of nitrogens with two attached hydrogens (primary N) is 1. The van der Waals surface area contributed by atoms with Crippen LogP contribution in [0.2, 0.25) is 0 Å². The summed E-state index contributed by atoms with van der Waals surface area (Å²) < 4.78 is 5.74. The molecule has 1 aliphatic rings. The number of hydrogen-bond donors (Lipinski definition) is 3. The van der Waals surface area contributed by atoms with Gasteiger partial charge in [-0.25, -0.2) is 0 Å². The second kappa shape index (κ2) is 5.00. The third-order valence-corrected chi connectivity index (χ3v) is 4.07. The zero-order valence-electron chi connectivity index (χ0n) is 10.9. The van der Waals surface area contributed by atoms with Gasteiger partial charge in [0.25, 0.3) is 0 Å². The van der Waals surface area contributed by atoms with Crippen LogP contribution in [0.3, 0.4) is 0 Å². The predicted molar refractivity (Wildman–Crippen MR) is 64.9 cm³/mol. The van der Waals surface area contributed by atoms with Gasteiger partial charge in [-0.15, -0.1) is 0 Å². The lowest BCUT2D eigenvalue weighted by Gasteiger charge is -2.40. The van der Waals surface area contributed by atoms with Crippen LogP contribution < -0.4 is 11.1 Å². The zero-order chi connectivity index (χ0) is 12.4. The molecule has 0 aromatic rings. The number of aliphatic hydroxyl groups is 1. The Kier molecular flexibility index (Phi) is 4.35. The molecule has 0 saturated carbocycles. The van der Waals surface area contributed by atoms with Crippen molar-refractivity contribution in [3.05, 3.63) is 0 Å². The minimum absolute atomic E-state index is 0.0935. The van der Waals surface area contributed by atoms with Gasteiger partial charge in [-0.05, 0) is 11.8 Å². The fourth-order valence-corrected chi connectivity index (χ4v) is 2.40. The maximum Gasteiger partial charge on any atom is 0.152 e. The minimum atomic E-state index is -0.925. The second-order valence-electron chi connectivity index (χ2n) is 5.66. The van der Waals surface area contributed by atoms with Crippen molar-refractivity contribution in [1.29, 1.82) is 0 Å². The normalized spacial score (nSPS) is 30.8. The summed E-state index contributed by atoms with van der Waals surface area (Å²) in [7, 11) is 0. The second-order valence-corrected chi connectivity index (χ2v) is 5.66. The van der Waals surface area contributed by atoms with E-state index in [1.165, 1.54) is 0 Å². The molecule has 0 spiro atoms. The molecule has 1 unspecified atom stereocenters. The van der Waals surface area contributed by atoms with E-state index in [2.05, 4.69) is 33.0 Å². The summed E-state index contributed by atoms with van der Waals surface area (Å²) in [5, 5.41) is 12.6. The first-order chi connectivity index (χ1) is 7.36. The fourth-order valence-electron chi connectivity index (χ4n) is 2.40. The molecule has 0 radical (unpaired) electrons. The van der Waals surface area contributed by atoms with E-state index in [1.54, 1.807) is 0 Å². The first kappa shape index (κ1) is 13.9. The van der Waals surface area contributed by atoms with Gasteiger partial charge >= 0.3 is 0 Å². The smallest absolute Gasteiger partial charge is 0.152 e. The molecular formula is C12H26N2O2. The van der Waals surface area contributed by atoms with Crippen molar-refractivity contribution >= 4 is 0 Å². The quantitative estimate of drug-likeness (QED) is 0.662. The Bertz CT molecular complexity index is 223. The lowest BCUT2D eigenvalue weighted by Crippen LogP contribution is -2.52. The highest BCUT2D eigenvalue weighted by Gasteiger charge is 2.42. The molecule has 0 aromatic carbocycles. The van der Waals surface area contributed by atoms with Crippen LogP contribution in [0.4, 0.5) is 0 Å². The number of aliphatic hydroxyl groups excluding tert-OH is 1. The van der Waals surface area contributed by atoms with Crippen LogP contribution in [0, 0.1) is 17.3 Å². The zero-order valence-corrected chi connectivity index (χ0v) is 10.9. The summed E-state index contributed by atoms with van der Waals surface area (Å²) in [5.41, 5.74) is 5.11. The molecule has 0 amide bonds. The van der Waals surface area contributed by atoms with E-state index in [0.717, 1.165) is 6.54 Å². The van der Waals surface area contributed by atoms with E-state index >= 15 is 0 Å². The molecule has 16 heavy (non-hydrogen) atoms. The van der Waals surface area contributed by atoms with Crippen molar-refractivity contribution in [2.75, 3.05) is 26.3 Å². The van der Waals surface area contributed by atoms with Gasteiger partial charge in [0.1, 0.15) is 0 Å². The van der Waals surface area contributed by atoms with Crippen LogP contribution in [0.15, 0.2) is 0 Å². The largest absolute Gasteiger partial charge is 0.392 e. The molecule has 0 aliphatic carbocycles. The van der Waals surface area contributed by atoms with Crippen LogP contribution in [-0.2, 0) is 4.74 Å². The number of nitrogens with one attached hydrogen (secondary N) is 1. The Labute approximate surface area is 98.5 Å². The van der Waals surface area contributed by atoms with Crippen LogP contribution in [0.25, 0.3) is 0 Å². The minimum Gasteiger partial charge on any atom is -0.392 e. The summed E-state index contributed by atoms with van der Waals surface area (Å²) in [4.78, 5) is 0. The summed E-state index contributed by atoms with van der Waals surface area (Å²) in [6, 6.07) is 0. The van der Waals surface area contributed by atoms with Crippen molar-refractivity contribution in [1.82, 2.24) is 5.32 Å². The molecule has 4 N–H and O–H groups in total. The van der Waals surface area contributed by atoms with Crippen molar-refractivity contribution < 1.29 is 9.84 Å². The average molecular weight is 230 g/mol. The molecular weight excluding hydrogens is 204 g/mol. The van der Waals surface area contributed by atoms with Crippen molar-refractivity contribution in [2.45, 2.75) is 33.4 Å². The molecule has 4 heteroatoms. The molecule has 1 rings (SSSR count). The average Bonchev–Trinajstić information content (AvgIpc) is 2.39. The maximum absolute atomic E-state index is 9.23. The van der Waals surface area contributed by atoms with Crippen molar-refractivity contribution in [2.24, 2.45) is 23.0 Å². The van der Waals surface area contributed by atoms with E-state index in [9.17, 15) is 5.11 Å². The lowest BCUT2D eigenvalue weighted by atomic mass is 9.69. The molecule has 1 heterocycles. The standard InChI is InChI=1S/C12H26N2O2/c1-9(2)11(10(3)4)5-14-6-12(13,7-15)16-8-11/h9-10,14-15H,5-8,13H2,1-4H3. The third-order valence-electron chi connectivity index (χ3n) is 4.07. The van der Waals surface area contributed by atoms with Crippen LogP contribution in [0.5, 0.6) is 0 Å². The van der Waals surface area contributed by atoms with Gasteiger partial charge in [0.15, 0.2) is 5.72 Å². The van der Waals surface area contributed by atoms with Gasteiger partial charge in [-0.3, -0.25) is 0 Å². The Hall–Kier alpha value is -0.160. The van der Waals surface area contributed by atoms with Crippen LogP contribution in [0.1, 0.15) is 27.7 Å². The Balaban J connectivity index is 2.83. The van der Waals surface area contributed by atoms with E-state index in [0.29, 0.717) is 25.0 Å². The maximum atomic E-state index is 9.23. The fraction of sp³-hybridized carbons (Fsp3) is 1.00. The first-order valence-electron chi connectivity index (χ1n) is 6.11. The molecule has 0 aromatic heterocycles. The highest BCUT2D eigenvalue weighted by molar-refractivity contribution is 4.92. The van der Waals surface area contributed by atoms with Crippen LogP contribution in [-0.4, -0.2) is 37.1 Å².